The molecule has 0 bridgehead atoms. The fourth-order valence-electron chi connectivity index (χ4n) is 1.78. The molecule has 18 heavy (non-hydrogen) atoms. The van der Waals surface area contributed by atoms with E-state index in [9.17, 15) is 13.2 Å². The number of carboxylic acids is 1. The lowest BCUT2D eigenvalue weighted by Crippen LogP contribution is -2.38. The largest absolute Gasteiger partial charge is 0.481 e. The van der Waals surface area contributed by atoms with Gasteiger partial charge in [-0.2, -0.15) is 0 Å². The number of rotatable bonds is 6. The molecule has 1 fully saturated rings. The average Bonchev–Trinajstić information content (AvgIpc) is 2.99. The lowest BCUT2D eigenvalue weighted by Gasteiger charge is -2.15. The van der Waals surface area contributed by atoms with Gasteiger partial charge in [0.15, 0.2) is 5.03 Å². The van der Waals surface area contributed by atoms with Crippen molar-refractivity contribution >= 4 is 16.0 Å². The third kappa shape index (κ3) is 3.08. The SMILES string of the molecule is Cn1cnc(S(=O)(=O)NC(CC(=O)O)C2CC2)c1. The topological polar surface area (TPSA) is 101 Å². The third-order valence-corrected chi connectivity index (χ3v) is 4.22. The number of hydrogen-bond donors (Lipinski definition) is 2. The third-order valence-electron chi connectivity index (χ3n) is 2.85. The van der Waals surface area contributed by atoms with Crippen molar-refractivity contribution < 1.29 is 18.3 Å². The van der Waals surface area contributed by atoms with Crippen LogP contribution in [-0.4, -0.2) is 35.1 Å². The molecule has 1 unspecified atom stereocenters. The van der Waals surface area contributed by atoms with E-state index < -0.39 is 22.0 Å². The summed E-state index contributed by atoms with van der Waals surface area (Å²) in [6, 6.07) is -0.547. The second-order valence-electron chi connectivity index (χ2n) is 4.54. The second kappa shape index (κ2) is 4.69. The maximum atomic E-state index is 12.0. The van der Waals surface area contributed by atoms with Crippen LogP contribution in [0.4, 0.5) is 0 Å². The minimum atomic E-state index is -3.73. The molecule has 0 saturated heterocycles. The van der Waals surface area contributed by atoms with E-state index in [1.54, 1.807) is 7.05 Å². The van der Waals surface area contributed by atoms with Crippen molar-refractivity contribution in [1.82, 2.24) is 14.3 Å². The Morgan fingerprint density at radius 2 is 2.33 bits per heavy atom. The van der Waals surface area contributed by atoms with Crippen molar-refractivity contribution in [3.8, 4) is 0 Å². The summed E-state index contributed by atoms with van der Waals surface area (Å²) < 4.78 is 27.9. The van der Waals surface area contributed by atoms with Gasteiger partial charge in [-0.3, -0.25) is 4.79 Å². The summed E-state index contributed by atoms with van der Waals surface area (Å²) in [6.07, 6.45) is 4.30. The van der Waals surface area contributed by atoms with Crippen LogP contribution in [0.2, 0.25) is 0 Å². The van der Waals surface area contributed by atoms with Crippen molar-refractivity contribution in [2.75, 3.05) is 0 Å². The van der Waals surface area contributed by atoms with Gasteiger partial charge >= 0.3 is 5.97 Å². The second-order valence-corrected chi connectivity index (χ2v) is 6.20. The number of aryl methyl sites for hydroxylation is 1. The van der Waals surface area contributed by atoms with Crippen molar-refractivity contribution in [3.63, 3.8) is 0 Å². The van der Waals surface area contributed by atoms with Gasteiger partial charge in [0.05, 0.1) is 12.7 Å². The van der Waals surface area contributed by atoms with Crippen LogP contribution in [0, 0.1) is 5.92 Å². The van der Waals surface area contributed by atoms with Crippen LogP contribution >= 0.6 is 0 Å². The van der Waals surface area contributed by atoms with Gasteiger partial charge in [-0.05, 0) is 18.8 Å². The number of imidazole rings is 1. The number of hydrogen-bond acceptors (Lipinski definition) is 4. The molecule has 0 amide bonds. The van der Waals surface area contributed by atoms with Gasteiger partial charge in [0.25, 0.3) is 10.0 Å². The summed E-state index contributed by atoms with van der Waals surface area (Å²) in [6.45, 7) is 0. The number of sulfonamides is 1. The molecule has 1 saturated carbocycles. The molecule has 0 radical (unpaired) electrons. The number of aliphatic carboxylic acids is 1. The van der Waals surface area contributed by atoms with E-state index in [1.807, 2.05) is 0 Å². The maximum Gasteiger partial charge on any atom is 0.304 e. The quantitative estimate of drug-likeness (QED) is 0.756. The first kappa shape index (κ1) is 13.0. The van der Waals surface area contributed by atoms with Crippen molar-refractivity contribution in [1.29, 1.82) is 0 Å². The average molecular weight is 273 g/mol. The Balaban J connectivity index is 2.12. The molecule has 8 heteroatoms. The Bertz CT molecular complexity index is 547. The first-order chi connectivity index (χ1) is 8.38. The Morgan fingerprint density at radius 3 is 2.78 bits per heavy atom. The molecule has 2 rings (SSSR count). The molecular weight excluding hydrogens is 258 g/mol. The minimum absolute atomic E-state index is 0.0824. The molecule has 0 aromatic carbocycles. The lowest BCUT2D eigenvalue weighted by atomic mass is 10.1. The van der Waals surface area contributed by atoms with E-state index in [-0.39, 0.29) is 17.4 Å². The molecule has 0 spiro atoms. The molecule has 1 atom stereocenters. The van der Waals surface area contributed by atoms with E-state index in [0.717, 1.165) is 12.8 Å². The highest BCUT2D eigenvalue weighted by molar-refractivity contribution is 7.89. The highest BCUT2D eigenvalue weighted by atomic mass is 32.2. The van der Waals surface area contributed by atoms with Crippen molar-refractivity contribution in [2.24, 2.45) is 13.0 Å². The standard InChI is InChI=1S/C10H15N3O4S/c1-13-5-9(11-6-13)18(16,17)12-8(4-10(14)15)7-2-3-7/h5-8,12H,2-4H2,1H3,(H,14,15). The zero-order chi connectivity index (χ0) is 13.3. The zero-order valence-corrected chi connectivity index (χ0v) is 10.7. The van der Waals surface area contributed by atoms with E-state index in [1.165, 1.54) is 17.1 Å². The summed E-state index contributed by atoms with van der Waals surface area (Å²) in [4.78, 5) is 14.5. The van der Waals surface area contributed by atoms with Crippen LogP contribution in [0.25, 0.3) is 0 Å². The molecule has 0 aliphatic heterocycles. The Labute approximate surface area is 105 Å². The normalized spacial score (nSPS) is 17.6. The van der Waals surface area contributed by atoms with Gasteiger partial charge in [0.2, 0.25) is 0 Å². The fourth-order valence-corrected chi connectivity index (χ4v) is 3.06. The zero-order valence-electron chi connectivity index (χ0n) is 9.91. The van der Waals surface area contributed by atoms with Gasteiger partial charge in [-0.15, -0.1) is 0 Å². The Kier molecular flexibility index (Phi) is 3.40. The number of carboxylic acid groups (broad SMARTS) is 1. The van der Waals surface area contributed by atoms with E-state index in [2.05, 4.69) is 9.71 Å². The van der Waals surface area contributed by atoms with Crippen LogP contribution < -0.4 is 4.72 Å². The Hall–Kier alpha value is -1.41. The molecule has 1 heterocycles. The summed E-state index contributed by atoms with van der Waals surface area (Å²) in [5, 5.41) is 8.70. The number of aromatic nitrogens is 2. The van der Waals surface area contributed by atoms with Crippen molar-refractivity contribution in [2.45, 2.75) is 30.3 Å². The predicted molar refractivity (Wildman–Crippen MR) is 62.3 cm³/mol. The van der Waals surface area contributed by atoms with E-state index >= 15 is 0 Å². The van der Waals surface area contributed by atoms with Crippen LogP contribution in [0.15, 0.2) is 17.6 Å². The highest BCUT2D eigenvalue weighted by Crippen LogP contribution is 2.34. The number of nitrogens with zero attached hydrogens (tertiary/aromatic N) is 2. The van der Waals surface area contributed by atoms with E-state index in [4.69, 9.17) is 5.11 Å². The molecule has 7 nitrogen and oxygen atoms in total. The smallest absolute Gasteiger partial charge is 0.304 e. The van der Waals surface area contributed by atoms with Gasteiger partial charge in [0, 0.05) is 19.3 Å². The van der Waals surface area contributed by atoms with Gasteiger partial charge < -0.3 is 9.67 Å². The van der Waals surface area contributed by atoms with E-state index in [0.29, 0.717) is 0 Å². The molecule has 2 N–H and O–H groups in total. The summed E-state index contributed by atoms with van der Waals surface area (Å²) >= 11 is 0. The van der Waals surface area contributed by atoms with Crippen LogP contribution in [0.3, 0.4) is 0 Å². The summed E-state index contributed by atoms with van der Waals surface area (Å²) in [5.74, 6) is -0.879. The fraction of sp³-hybridized carbons (Fsp3) is 0.600. The minimum Gasteiger partial charge on any atom is -0.481 e. The first-order valence-electron chi connectivity index (χ1n) is 5.60. The van der Waals surface area contributed by atoms with Crippen molar-refractivity contribution in [3.05, 3.63) is 12.5 Å². The predicted octanol–water partition coefficient (Wildman–Crippen LogP) is -0.0483. The monoisotopic (exact) mass is 273 g/mol. The summed E-state index contributed by atoms with van der Waals surface area (Å²) in [5.41, 5.74) is 0. The molecular formula is C10H15N3O4S. The molecule has 100 valence electrons. The first-order valence-corrected chi connectivity index (χ1v) is 7.09. The highest BCUT2D eigenvalue weighted by Gasteiger charge is 2.36. The molecule has 1 aromatic rings. The number of nitrogens with one attached hydrogen (secondary N) is 1. The van der Waals surface area contributed by atoms with Crippen LogP contribution in [0.5, 0.6) is 0 Å². The van der Waals surface area contributed by atoms with Gasteiger partial charge in [0.1, 0.15) is 0 Å². The van der Waals surface area contributed by atoms with Crippen LogP contribution in [0.1, 0.15) is 19.3 Å². The Morgan fingerprint density at radius 1 is 1.67 bits per heavy atom. The summed E-state index contributed by atoms with van der Waals surface area (Å²) in [7, 11) is -2.07. The van der Waals surface area contributed by atoms with Gasteiger partial charge in [-0.25, -0.2) is 18.1 Å². The number of carbonyl (C=O) groups is 1. The van der Waals surface area contributed by atoms with Gasteiger partial charge in [-0.1, -0.05) is 0 Å². The van der Waals surface area contributed by atoms with Crippen LogP contribution in [-0.2, 0) is 21.9 Å². The maximum absolute atomic E-state index is 12.0. The molecule has 1 aliphatic rings. The lowest BCUT2D eigenvalue weighted by molar-refractivity contribution is -0.137. The molecule has 1 aliphatic carbocycles. The molecule has 1 aromatic heterocycles.